The topological polar surface area (TPSA) is 116 Å². The van der Waals surface area contributed by atoms with Gasteiger partial charge in [-0.25, -0.2) is 0 Å². The SMILES string of the molecule is CCOC(=O)CC(N)CCCCCCCCCCC(CC(=O)OCC)C(=O)O. The van der Waals surface area contributed by atoms with Crippen molar-refractivity contribution in [1.29, 1.82) is 0 Å². The number of carbonyl (C=O) groups is 3. The molecule has 0 aliphatic carbocycles. The second-order valence-electron chi connectivity index (χ2n) is 7.22. The largest absolute Gasteiger partial charge is 0.481 e. The van der Waals surface area contributed by atoms with E-state index in [1.165, 1.54) is 0 Å². The van der Waals surface area contributed by atoms with Crippen LogP contribution in [0.4, 0.5) is 0 Å². The van der Waals surface area contributed by atoms with Crippen molar-refractivity contribution in [2.45, 2.75) is 96.9 Å². The zero-order chi connectivity index (χ0) is 21.2. The maximum Gasteiger partial charge on any atom is 0.307 e. The first-order valence-electron chi connectivity index (χ1n) is 10.7. The molecule has 164 valence electrons. The van der Waals surface area contributed by atoms with Crippen molar-refractivity contribution in [2.75, 3.05) is 13.2 Å². The molecule has 2 unspecified atom stereocenters. The second kappa shape index (κ2) is 17.5. The monoisotopic (exact) mass is 401 g/mol. The molecule has 2 atom stereocenters. The molecule has 7 nitrogen and oxygen atoms in total. The summed E-state index contributed by atoms with van der Waals surface area (Å²) in [6.07, 6.45) is 10.1. The number of ether oxygens (including phenoxy) is 2. The van der Waals surface area contributed by atoms with Crippen LogP contribution in [0.1, 0.15) is 90.9 Å². The van der Waals surface area contributed by atoms with Gasteiger partial charge in [0.05, 0.1) is 32.0 Å². The zero-order valence-corrected chi connectivity index (χ0v) is 17.6. The number of hydrogen-bond acceptors (Lipinski definition) is 6. The minimum absolute atomic E-state index is 0.0402. The van der Waals surface area contributed by atoms with Gasteiger partial charge in [-0.1, -0.05) is 51.4 Å². The minimum Gasteiger partial charge on any atom is -0.481 e. The molecule has 0 saturated heterocycles. The van der Waals surface area contributed by atoms with Crippen molar-refractivity contribution in [2.24, 2.45) is 11.7 Å². The molecule has 7 heteroatoms. The van der Waals surface area contributed by atoms with Crippen LogP contribution in [-0.4, -0.2) is 42.3 Å². The Morgan fingerprint density at radius 1 is 0.750 bits per heavy atom. The van der Waals surface area contributed by atoms with E-state index in [-0.39, 0.29) is 25.0 Å². The van der Waals surface area contributed by atoms with Crippen molar-refractivity contribution in [3.05, 3.63) is 0 Å². The van der Waals surface area contributed by atoms with Gasteiger partial charge in [-0.05, 0) is 26.7 Å². The first kappa shape index (κ1) is 26.4. The van der Waals surface area contributed by atoms with Crippen LogP contribution in [0.3, 0.4) is 0 Å². The summed E-state index contributed by atoms with van der Waals surface area (Å²) in [6.45, 7) is 4.18. The highest BCUT2D eigenvalue weighted by atomic mass is 16.5. The molecule has 0 amide bonds. The summed E-state index contributed by atoms with van der Waals surface area (Å²) >= 11 is 0. The minimum atomic E-state index is -0.922. The van der Waals surface area contributed by atoms with Gasteiger partial charge in [0.15, 0.2) is 0 Å². The van der Waals surface area contributed by atoms with Crippen LogP contribution in [-0.2, 0) is 23.9 Å². The van der Waals surface area contributed by atoms with E-state index in [0.29, 0.717) is 19.4 Å². The summed E-state index contributed by atoms with van der Waals surface area (Å²) < 4.78 is 9.71. The normalized spacial score (nSPS) is 13.0. The number of hydrogen-bond donors (Lipinski definition) is 2. The lowest BCUT2D eigenvalue weighted by atomic mass is 9.97. The summed E-state index contributed by atoms with van der Waals surface area (Å²) in [7, 11) is 0. The average Bonchev–Trinajstić information content (AvgIpc) is 2.62. The third-order valence-electron chi connectivity index (χ3n) is 4.68. The standard InChI is InChI=1S/C21H39NO6/c1-3-27-19(23)15-17(21(25)26)13-11-9-7-5-6-8-10-12-14-18(22)16-20(24)28-4-2/h17-18H,3-16,22H2,1-2H3,(H,25,26). The van der Waals surface area contributed by atoms with Gasteiger partial charge < -0.3 is 20.3 Å². The van der Waals surface area contributed by atoms with Gasteiger partial charge >= 0.3 is 17.9 Å². The molecular formula is C21H39NO6. The van der Waals surface area contributed by atoms with Crippen LogP contribution in [0.25, 0.3) is 0 Å². The van der Waals surface area contributed by atoms with Crippen molar-refractivity contribution in [3.63, 3.8) is 0 Å². The Labute approximate surface area is 169 Å². The summed E-state index contributed by atoms with van der Waals surface area (Å²) in [5.41, 5.74) is 5.92. The number of esters is 2. The molecule has 0 bridgehead atoms. The molecule has 0 fully saturated rings. The fourth-order valence-corrected chi connectivity index (χ4v) is 3.13. The molecule has 0 heterocycles. The zero-order valence-electron chi connectivity index (χ0n) is 17.6. The Morgan fingerprint density at radius 2 is 1.18 bits per heavy atom. The Bertz CT molecular complexity index is 441. The van der Waals surface area contributed by atoms with E-state index in [1.54, 1.807) is 13.8 Å². The van der Waals surface area contributed by atoms with E-state index < -0.39 is 17.9 Å². The van der Waals surface area contributed by atoms with Crippen LogP contribution < -0.4 is 5.73 Å². The maximum atomic E-state index is 11.4. The van der Waals surface area contributed by atoms with Crippen LogP contribution in [0.5, 0.6) is 0 Å². The fraction of sp³-hybridized carbons (Fsp3) is 0.857. The predicted octanol–water partition coefficient (Wildman–Crippen LogP) is 3.82. The third kappa shape index (κ3) is 15.4. The summed E-state index contributed by atoms with van der Waals surface area (Å²) in [5, 5.41) is 9.19. The highest BCUT2D eigenvalue weighted by molar-refractivity contribution is 5.78. The summed E-state index contributed by atoms with van der Waals surface area (Å²) in [6, 6.07) is -0.115. The molecule has 0 radical (unpaired) electrons. The smallest absolute Gasteiger partial charge is 0.307 e. The first-order valence-corrected chi connectivity index (χ1v) is 10.7. The maximum absolute atomic E-state index is 11.4. The molecule has 0 aliphatic heterocycles. The molecule has 0 aliphatic rings. The number of carboxylic acids is 1. The first-order chi connectivity index (χ1) is 13.4. The third-order valence-corrected chi connectivity index (χ3v) is 4.68. The van der Waals surface area contributed by atoms with Crippen LogP contribution in [0.15, 0.2) is 0 Å². The van der Waals surface area contributed by atoms with E-state index in [0.717, 1.165) is 57.8 Å². The molecule has 28 heavy (non-hydrogen) atoms. The van der Waals surface area contributed by atoms with E-state index >= 15 is 0 Å². The molecule has 0 aromatic heterocycles. The Hall–Kier alpha value is -1.63. The van der Waals surface area contributed by atoms with Crippen LogP contribution in [0, 0.1) is 5.92 Å². The predicted molar refractivity (Wildman–Crippen MR) is 108 cm³/mol. The quantitative estimate of drug-likeness (QED) is 0.265. The van der Waals surface area contributed by atoms with Crippen molar-refractivity contribution >= 4 is 17.9 Å². The molecule has 0 aromatic carbocycles. The van der Waals surface area contributed by atoms with Crippen molar-refractivity contribution < 1.29 is 29.0 Å². The Balaban J connectivity index is 3.59. The highest BCUT2D eigenvalue weighted by Gasteiger charge is 2.21. The molecule has 0 rings (SSSR count). The number of carbonyl (C=O) groups excluding carboxylic acids is 2. The molecule has 3 N–H and O–H groups in total. The lowest BCUT2D eigenvalue weighted by molar-refractivity contribution is -0.151. The van der Waals surface area contributed by atoms with Gasteiger partial charge in [-0.2, -0.15) is 0 Å². The van der Waals surface area contributed by atoms with Gasteiger partial charge in [0.1, 0.15) is 0 Å². The van der Waals surface area contributed by atoms with Gasteiger partial charge in [0.25, 0.3) is 0 Å². The lowest BCUT2D eigenvalue weighted by Gasteiger charge is -2.11. The summed E-state index contributed by atoms with van der Waals surface area (Å²) in [5.74, 6) is -2.22. The van der Waals surface area contributed by atoms with E-state index in [2.05, 4.69) is 0 Å². The van der Waals surface area contributed by atoms with Gasteiger partial charge in [0.2, 0.25) is 0 Å². The number of aliphatic carboxylic acids is 1. The van der Waals surface area contributed by atoms with E-state index in [1.807, 2.05) is 0 Å². The second-order valence-corrected chi connectivity index (χ2v) is 7.22. The molecule has 0 saturated carbocycles. The lowest BCUT2D eigenvalue weighted by Crippen LogP contribution is -2.24. The average molecular weight is 402 g/mol. The number of unbranched alkanes of at least 4 members (excludes halogenated alkanes) is 7. The molecular weight excluding hydrogens is 362 g/mol. The Kier molecular flexibility index (Phi) is 16.5. The molecule has 0 spiro atoms. The summed E-state index contributed by atoms with van der Waals surface area (Å²) in [4.78, 5) is 33.9. The van der Waals surface area contributed by atoms with Crippen LogP contribution in [0.2, 0.25) is 0 Å². The number of nitrogens with two attached hydrogens (primary N) is 1. The fourth-order valence-electron chi connectivity index (χ4n) is 3.13. The van der Waals surface area contributed by atoms with Crippen molar-refractivity contribution in [3.8, 4) is 0 Å². The van der Waals surface area contributed by atoms with Gasteiger partial charge in [0, 0.05) is 6.04 Å². The van der Waals surface area contributed by atoms with Crippen molar-refractivity contribution in [1.82, 2.24) is 0 Å². The Morgan fingerprint density at radius 3 is 1.64 bits per heavy atom. The van der Waals surface area contributed by atoms with Gasteiger partial charge in [-0.15, -0.1) is 0 Å². The van der Waals surface area contributed by atoms with Crippen LogP contribution >= 0.6 is 0 Å². The van der Waals surface area contributed by atoms with E-state index in [4.69, 9.17) is 15.2 Å². The van der Waals surface area contributed by atoms with Gasteiger partial charge in [-0.3, -0.25) is 14.4 Å². The number of carboxylic acid groups (broad SMARTS) is 1. The highest BCUT2D eigenvalue weighted by Crippen LogP contribution is 2.17. The number of rotatable bonds is 18. The molecule has 0 aromatic rings. The van der Waals surface area contributed by atoms with E-state index in [9.17, 15) is 19.5 Å².